The average Bonchev–Trinajstić information content (AvgIpc) is 2.42. The number of rotatable bonds is 1. The molecule has 0 bridgehead atoms. The molecule has 4 atom stereocenters. The zero-order valence-electron chi connectivity index (χ0n) is 8.56. The molecule has 0 aromatic heterocycles. The Morgan fingerprint density at radius 2 is 2.07 bits per heavy atom. The molecule has 82 valence electrons. The molecule has 0 radical (unpaired) electrons. The summed E-state index contributed by atoms with van der Waals surface area (Å²) < 4.78 is 0. The van der Waals surface area contributed by atoms with Crippen LogP contribution in [0.1, 0.15) is 26.2 Å². The predicted molar refractivity (Wildman–Crippen MR) is 51.8 cm³/mol. The van der Waals surface area contributed by atoms with Crippen LogP contribution in [-0.4, -0.2) is 57.2 Å². The van der Waals surface area contributed by atoms with E-state index in [0.29, 0.717) is 13.0 Å². The topological polar surface area (TPSA) is 63.9 Å². The van der Waals surface area contributed by atoms with Gasteiger partial charge in [0.1, 0.15) is 6.10 Å². The minimum atomic E-state index is -0.803. The molecular formula is C10H19NO3. The maximum absolute atomic E-state index is 10.0. The maximum atomic E-state index is 10.0. The summed E-state index contributed by atoms with van der Waals surface area (Å²) in [4.78, 5) is 2.05. The van der Waals surface area contributed by atoms with Gasteiger partial charge in [-0.05, 0) is 25.8 Å². The van der Waals surface area contributed by atoms with Crippen molar-refractivity contribution in [2.75, 3.05) is 13.1 Å². The van der Waals surface area contributed by atoms with Crippen LogP contribution in [0.3, 0.4) is 0 Å². The fourth-order valence-corrected chi connectivity index (χ4v) is 3.12. The van der Waals surface area contributed by atoms with E-state index in [1.165, 1.54) is 0 Å². The van der Waals surface area contributed by atoms with E-state index < -0.39 is 23.9 Å². The summed E-state index contributed by atoms with van der Waals surface area (Å²) >= 11 is 0. The molecule has 2 aliphatic rings. The number of fused-ring (bicyclic) bond motifs is 1. The van der Waals surface area contributed by atoms with E-state index in [1.54, 1.807) is 0 Å². The van der Waals surface area contributed by atoms with Crippen LogP contribution in [0.15, 0.2) is 0 Å². The van der Waals surface area contributed by atoms with Crippen molar-refractivity contribution in [3.63, 3.8) is 0 Å². The fraction of sp³-hybridized carbons (Fsp3) is 1.00. The van der Waals surface area contributed by atoms with Crippen molar-refractivity contribution >= 4 is 0 Å². The first-order valence-corrected chi connectivity index (χ1v) is 5.42. The third-order valence-electron chi connectivity index (χ3n) is 3.92. The Balaban J connectivity index is 2.31. The number of aliphatic hydroxyl groups excluding tert-OH is 3. The molecule has 0 unspecified atom stereocenters. The summed E-state index contributed by atoms with van der Waals surface area (Å²) in [7, 11) is 0. The van der Waals surface area contributed by atoms with Crippen LogP contribution in [0.5, 0.6) is 0 Å². The molecule has 2 aliphatic heterocycles. The second-order valence-corrected chi connectivity index (χ2v) is 4.46. The molecule has 0 aromatic rings. The van der Waals surface area contributed by atoms with Crippen molar-refractivity contribution in [1.29, 1.82) is 0 Å². The Bertz CT molecular complexity index is 223. The van der Waals surface area contributed by atoms with E-state index in [1.807, 2.05) is 6.92 Å². The Labute approximate surface area is 84.2 Å². The zero-order valence-corrected chi connectivity index (χ0v) is 8.56. The molecule has 2 saturated heterocycles. The van der Waals surface area contributed by atoms with Gasteiger partial charge in [-0.15, -0.1) is 0 Å². The lowest BCUT2D eigenvalue weighted by Crippen LogP contribution is -2.61. The van der Waals surface area contributed by atoms with Gasteiger partial charge in [0.15, 0.2) is 0 Å². The van der Waals surface area contributed by atoms with Crippen molar-refractivity contribution in [1.82, 2.24) is 4.90 Å². The van der Waals surface area contributed by atoms with Gasteiger partial charge in [0.2, 0.25) is 0 Å². The van der Waals surface area contributed by atoms with Gasteiger partial charge in [-0.1, -0.05) is 6.92 Å². The Hall–Kier alpha value is -0.160. The lowest BCUT2D eigenvalue weighted by Gasteiger charge is -2.46. The lowest BCUT2D eigenvalue weighted by molar-refractivity contribution is -0.101. The number of hydrogen-bond donors (Lipinski definition) is 3. The summed E-state index contributed by atoms with van der Waals surface area (Å²) in [6.45, 7) is 3.33. The Morgan fingerprint density at radius 1 is 1.36 bits per heavy atom. The van der Waals surface area contributed by atoms with Gasteiger partial charge in [-0.3, -0.25) is 4.90 Å². The summed E-state index contributed by atoms with van der Waals surface area (Å²) in [6, 6.07) is 0. The van der Waals surface area contributed by atoms with Crippen molar-refractivity contribution < 1.29 is 15.3 Å². The third-order valence-corrected chi connectivity index (χ3v) is 3.92. The van der Waals surface area contributed by atoms with Crippen LogP contribution in [0.4, 0.5) is 0 Å². The first-order chi connectivity index (χ1) is 6.63. The number of aliphatic hydroxyl groups is 3. The van der Waals surface area contributed by atoms with Crippen LogP contribution in [0, 0.1) is 0 Å². The second kappa shape index (κ2) is 3.45. The molecule has 0 aliphatic carbocycles. The van der Waals surface area contributed by atoms with Gasteiger partial charge in [-0.25, -0.2) is 0 Å². The highest BCUT2D eigenvalue weighted by atomic mass is 16.3. The normalized spacial score (nSPS) is 49.3. The van der Waals surface area contributed by atoms with Crippen molar-refractivity contribution in [3.8, 4) is 0 Å². The Kier molecular flexibility index (Phi) is 2.55. The molecule has 0 spiro atoms. The summed E-state index contributed by atoms with van der Waals surface area (Å²) in [5.41, 5.74) is -0.586. The van der Waals surface area contributed by atoms with Crippen LogP contribution < -0.4 is 0 Å². The second-order valence-electron chi connectivity index (χ2n) is 4.46. The molecule has 0 saturated carbocycles. The summed E-state index contributed by atoms with van der Waals surface area (Å²) in [5, 5.41) is 29.6. The molecule has 14 heavy (non-hydrogen) atoms. The van der Waals surface area contributed by atoms with Crippen LogP contribution in [0.2, 0.25) is 0 Å². The standard InChI is InChI=1S/C10H19NO3/c1-2-10-8(13)4-3-5-11(10)6-7(12)9(10)14/h7-9,12-14H,2-6H2,1H3/t7-,8-,9-,10-/m1/s1. The molecular weight excluding hydrogens is 182 g/mol. The smallest absolute Gasteiger partial charge is 0.102 e. The first kappa shape index (κ1) is 10.4. The van der Waals surface area contributed by atoms with Crippen LogP contribution in [-0.2, 0) is 0 Å². The minimum absolute atomic E-state index is 0.492. The van der Waals surface area contributed by atoms with Crippen LogP contribution in [0.25, 0.3) is 0 Å². The lowest BCUT2D eigenvalue weighted by atomic mass is 9.79. The largest absolute Gasteiger partial charge is 0.391 e. The van der Waals surface area contributed by atoms with E-state index in [4.69, 9.17) is 0 Å². The highest BCUT2D eigenvalue weighted by Crippen LogP contribution is 2.40. The van der Waals surface area contributed by atoms with Crippen LogP contribution >= 0.6 is 0 Å². The summed E-state index contributed by atoms with van der Waals surface area (Å²) in [6.07, 6.45) is 0.349. The SMILES string of the molecule is CC[C@]12[C@H](O)CCCN1C[C@@H](O)[C@H]2O. The van der Waals surface area contributed by atoms with E-state index in [0.717, 1.165) is 19.4 Å². The fourth-order valence-electron chi connectivity index (χ4n) is 3.12. The van der Waals surface area contributed by atoms with Gasteiger partial charge in [0.25, 0.3) is 0 Å². The van der Waals surface area contributed by atoms with E-state index >= 15 is 0 Å². The maximum Gasteiger partial charge on any atom is 0.102 e. The van der Waals surface area contributed by atoms with Gasteiger partial charge >= 0.3 is 0 Å². The molecule has 4 heteroatoms. The highest BCUT2D eigenvalue weighted by molar-refractivity contribution is 5.11. The number of β-amino-alcohol motifs (C(OH)–C–C–N with tert-alkyl or cyclic N) is 1. The predicted octanol–water partition coefficient (Wildman–Crippen LogP) is -0.673. The van der Waals surface area contributed by atoms with Crippen molar-refractivity contribution in [2.45, 2.75) is 50.0 Å². The number of hydrogen-bond acceptors (Lipinski definition) is 4. The van der Waals surface area contributed by atoms with E-state index in [2.05, 4.69) is 4.90 Å². The average molecular weight is 201 g/mol. The van der Waals surface area contributed by atoms with E-state index in [-0.39, 0.29) is 0 Å². The van der Waals surface area contributed by atoms with Crippen molar-refractivity contribution in [3.05, 3.63) is 0 Å². The van der Waals surface area contributed by atoms with Gasteiger partial charge in [0, 0.05) is 6.54 Å². The number of nitrogens with zero attached hydrogens (tertiary/aromatic N) is 1. The molecule has 3 N–H and O–H groups in total. The monoisotopic (exact) mass is 201 g/mol. The van der Waals surface area contributed by atoms with Crippen molar-refractivity contribution in [2.24, 2.45) is 0 Å². The van der Waals surface area contributed by atoms with E-state index in [9.17, 15) is 15.3 Å². The Morgan fingerprint density at radius 3 is 2.64 bits per heavy atom. The van der Waals surface area contributed by atoms with Gasteiger partial charge in [-0.2, -0.15) is 0 Å². The quantitative estimate of drug-likeness (QED) is 0.526. The third kappa shape index (κ3) is 1.15. The minimum Gasteiger partial charge on any atom is -0.391 e. The molecule has 0 amide bonds. The van der Waals surface area contributed by atoms with Gasteiger partial charge in [0.05, 0.1) is 17.7 Å². The zero-order chi connectivity index (χ0) is 10.3. The molecule has 0 aromatic carbocycles. The molecule has 4 nitrogen and oxygen atoms in total. The summed E-state index contributed by atoms with van der Waals surface area (Å²) in [5.74, 6) is 0. The molecule has 2 rings (SSSR count). The first-order valence-electron chi connectivity index (χ1n) is 5.42. The molecule has 2 fully saturated rings. The highest BCUT2D eigenvalue weighted by Gasteiger charge is 2.56. The number of piperidine rings is 1. The van der Waals surface area contributed by atoms with Gasteiger partial charge < -0.3 is 15.3 Å². The molecule has 2 heterocycles.